The van der Waals surface area contributed by atoms with Crippen LogP contribution in [0.15, 0.2) is 23.1 Å². The summed E-state index contributed by atoms with van der Waals surface area (Å²) >= 11 is 1.37. The molecule has 0 bridgehead atoms. The Morgan fingerprint density at radius 2 is 2.10 bits per heavy atom. The first kappa shape index (κ1) is 17.0. The van der Waals surface area contributed by atoms with E-state index in [1.54, 1.807) is 6.07 Å². The van der Waals surface area contributed by atoms with E-state index in [4.69, 9.17) is 4.74 Å². The van der Waals surface area contributed by atoms with Gasteiger partial charge in [0.05, 0.1) is 5.75 Å². The fraction of sp³-hybridized carbons (Fsp3) is 0.533. The minimum atomic E-state index is -0.479. The number of carbonyl (C=O) groups is 1. The SMILES string of the molecule is CCNCc1cc(F)ccc1SCC(=O)OC(C)(C)C. The van der Waals surface area contributed by atoms with Gasteiger partial charge in [0.2, 0.25) is 0 Å². The molecule has 0 spiro atoms. The highest BCUT2D eigenvalue weighted by molar-refractivity contribution is 8.00. The summed E-state index contributed by atoms with van der Waals surface area (Å²) in [4.78, 5) is 12.6. The van der Waals surface area contributed by atoms with Crippen molar-refractivity contribution in [2.75, 3.05) is 12.3 Å². The minimum Gasteiger partial charge on any atom is -0.459 e. The number of halogens is 1. The van der Waals surface area contributed by atoms with E-state index in [1.807, 2.05) is 27.7 Å². The van der Waals surface area contributed by atoms with Gasteiger partial charge in [-0.3, -0.25) is 4.79 Å². The number of thioether (sulfide) groups is 1. The molecule has 20 heavy (non-hydrogen) atoms. The van der Waals surface area contributed by atoms with Crippen molar-refractivity contribution < 1.29 is 13.9 Å². The van der Waals surface area contributed by atoms with Crippen LogP contribution in [0.1, 0.15) is 33.3 Å². The molecule has 0 saturated carbocycles. The van der Waals surface area contributed by atoms with E-state index in [2.05, 4.69) is 5.32 Å². The lowest BCUT2D eigenvalue weighted by Gasteiger charge is -2.19. The second kappa shape index (κ2) is 7.64. The quantitative estimate of drug-likeness (QED) is 0.645. The average molecular weight is 299 g/mol. The summed E-state index contributed by atoms with van der Waals surface area (Å²) in [7, 11) is 0. The van der Waals surface area contributed by atoms with E-state index >= 15 is 0 Å². The largest absolute Gasteiger partial charge is 0.459 e. The van der Waals surface area contributed by atoms with Crippen molar-refractivity contribution in [3.05, 3.63) is 29.6 Å². The van der Waals surface area contributed by atoms with Gasteiger partial charge in [0.25, 0.3) is 0 Å². The van der Waals surface area contributed by atoms with Crippen LogP contribution in [0.25, 0.3) is 0 Å². The summed E-state index contributed by atoms with van der Waals surface area (Å²) in [5.41, 5.74) is 0.382. The molecule has 3 nitrogen and oxygen atoms in total. The van der Waals surface area contributed by atoms with Gasteiger partial charge in [-0.15, -0.1) is 11.8 Å². The molecule has 0 atom stereocenters. The molecule has 0 saturated heterocycles. The molecule has 0 radical (unpaired) electrons. The predicted octanol–water partition coefficient (Wildman–Crippen LogP) is 3.37. The van der Waals surface area contributed by atoms with Gasteiger partial charge in [-0.2, -0.15) is 0 Å². The average Bonchev–Trinajstić information content (AvgIpc) is 2.33. The van der Waals surface area contributed by atoms with Gasteiger partial charge in [-0.05, 0) is 51.1 Å². The van der Waals surface area contributed by atoms with Crippen molar-refractivity contribution >= 4 is 17.7 Å². The first-order valence-electron chi connectivity index (χ1n) is 6.65. The van der Waals surface area contributed by atoms with Gasteiger partial charge in [0.1, 0.15) is 11.4 Å². The Morgan fingerprint density at radius 1 is 1.40 bits per heavy atom. The molecule has 0 aliphatic heterocycles. The van der Waals surface area contributed by atoms with Crippen molar-refractivity contribution in [2.45, 2.75) is 44.7 Å². The van der Waals surface area contributed by atoms with E-state index in [1.165, 1.54) is 23.9 Å². The maximum atomic E-state index is 13.3. The van der Waals surface area contributed by atoms with Crippen LogP contribution in [0.4, 0.5) is 4.39 Å². The molecule has 0 aliphatic rings. The fourth-order valence-corrected chi connectivity index (χ4v) is 2.41. The van der Waals surface area contributed by atoms with Gasteiger partial charge in [-0.25, -0.2) is 4.39 Å². The van der Waals surface area contributed by atoms with Gasteiger partial charge in [-0.1, -0.05) is 6.92 Å². The zero-order valence-corrected chi connectivity index (χ0v) is 13.3. The van der Waals surface area contributed by atoms with Gasteiger partial charge in [0.15, 0.2) is 0 Å². The molecule has 0 aromatic heterocycles. The Balaban J connectivity index is 2.65. The van der Waals surface area contributed by atoms with Crippen LogP contribution in [0.2, 0.25) is 0 Å². The monoisotopic (exact) mass is 299 g/mol. The number of esters is 1. The number of ether oxygens (including phenoxy) is 1. The lowest BCUT2D eigenvalue weighted by atomic mass is 10.2. The normalized spacial score (nSPS) is 11.4. The molecule has 1 N–H and O–H groups in total. The third kappa shape index (κ3) is 6.39. The molecule has 1 aromatic carbocycles. The highest BCUT2D eigenvalue weighted by Crippen LogP contribution is 2.24. The van der Waals surface area contributed by atoms with Gasteiger partial charge in [0, 0.05) is 11.4 Å². The second-order valence-corrected chi connectivity index (χ2v) is 6.42. The summed E-state index contributed by atoms with van der Waals surface area (Å²) in [5.74, 6) is -0.303. The summed E-state index contributed by atoms with van der Waals surface area (Å²) in [6.45, 7) is 8.91. The molecule has 0 unspecified atom stereocenters. The Bertz CT molecular complexity index is 458. The molecule has 0 amide bonds. The van der Waals surface area contributed by atoms with Crippen LogP contribution in [-0.4, -0.2) is 23.9 Å². The van der Waals surface area contributed by atoms with Crippen LogP contribution in [0, 0.1) is 5.82 Å². The maximum Gasteiger partial charge on any atom is 0.316 e. The second-order valence-electron chi connectivity index (χ2n) is 5.41. The van der Waals surface area contributed by atoms with Crippen LogP contribution < -0.4 is 5.32 Å². The molecule has 0 heterocycles. The molecular weight excluding hydrogens is 277 g/mol. The Labute approximate surface area is 124 Å². The number of rotatable bonds is 6. The summed E-state index contributed by atoms with van der Waals surface area (Å²) in [5, 5.41) is 3.16. The lowest BCUT2D eigenvalue weighted by Crippen LogP contribution is -2.25. The standard InChI is InChI=1S/C15H22FNO2S/c1-5-17-9-11-8-12(16)6-7-13(11)20-10-14(18)19-15(2,3)4/h6-8,17H,5,9-10H2,1-4H3. The van der Waals surface area contributed by atoms with E-state index in [9.17, 15) is 9.18 Å². The minimum absolute atomic E-state index is 0.224. The molecular formula is C15H22FNO2S. The summed E-state index contributed by atoms with van der Waals surface area (Å²) in [6.07, 6.45) is 0. The molecule has 112 valence electrons. The molecule has 0 fully saturated rings. The van der Waals surface area contributed by atoms with Crippen molar-refractivity contribution in [3.8, 4) is 0 Å². The number of carbonyl (C=O) groups excluding carboxylic acids is 1. The number of benzene rings is 1. The highest BCUT2D eigenvalue weighted by Gasteiger charge is 2.16. The zero-order valence-electron chi connectivity index (χ0n) is 12.5. The number of hydrogen-bond acceptors (Lipinski definition) is 4. The van der Waals surface area contributed by atoms with Crippen LogP contribution in [0.3, 0.4) is 0 Å². The van der Waals surface area contributed by atoms with E-state index in [0.29, 0.717) is 6.54 Å². The predicted molar refractivity (Wildman–Crippen MR) is 80.3 cm³/mol. The van der Waals surface area contributed by atoms with Crippen LogP contribution >= 0.6 is 11.8 Å². The Morgan fingerprint density at radius 3 is 2.70 bits per heavy atom. The maximum absolute atomic E-state index is 13.3. The molecule has 1 rings (SSSR count). The van der Waals surface area contributed by atoms with Crippen LogP contribution in [0.5, 0.6) is 0 Å². The van der Waals surface area contributed by atoms with Crippen molar-refractivity contribution in [2.24, 2.45) is 0 Å². The molecule has 1 aromatic rings. The smallest absolute Gasteiger partial charge is 0.316 e. The van der Waals surface area contributed by atoms with Gasteiger partial charge >= 0.3 is 5.97 Å². The van der Waals surface area contributed by atoms with Crippen molar-refractivity contribution in [1.29, 1.82) is 0 Å². The van der Waals surface area contributed by atoms with E-state index in [0.717, 1.165) is 17.0 Å². The molecule has 5 heteroatoms. The van der Waals surface area contributed by atoms with Gasteiger partial charge < -0.3 is 10.1 Å². The van der Waals surface area contributed by atoms with Crippen LogP contribution in [-0.2, 0) is 16.1 Å². The first-order valence-corrected chi connectivity index (χ1v) is 7.64. The van der Waals surface area contributed by atoms with E-state index in [-0.39, 0.29) is 17.5 Å². The third-order valence-electron chi connectivity index (χ3n) is 2.35. The highest BCUT2D eigenvalue weighted by atomic mass is 32.2. The van der Waals surface area contributed by atoms with E-state index < -0.39 is 5.60 Å². The first-order chi connectivity index (χ1) is 9.31. The molecule has 0 aliphatic carbocycles. The number of hydrogen-bond donors (Lipinski definition) is 1. The topological polar surface area (TPSA) is 38.3 Å². The Hall–Kier alpha value is -1.07. The van der Waals surface area contributed by atoms with Crippen molar-refractivity contribution in [3.63, 3.8) is 0 Å². The zero-order chi connectivity index (χ0) is 15.2. The summed E-state index contributed by atoms with van der Waals surface area (Å²) in [6, 6.07) is 4.62. The van der Waals surface area contributed by atoms with Crippen molar-refractivity contribution in [1.82, 2.24) is 5.32 Å². The third-order valence-corrected chi connectivity index (χ3v) is 3.44. The fourth-order valence-electron chi connectivity index (χ4n) is 1.59. The number of nitrogens with one attached hydrogen (secondary N) is 1. The summed E-state index contributed by atoms with van der Waals surface area (Å²) < 4.78 is 18.5. The lowest BCUT2D eigenvalue weighted by molar-refractivity contribution is -0.151. The Kier molecular flexibility index (Phi) is 6.49.